The van der Waals surface area contributed by atoms with Crippen LogP contribution in [0.4, 0.5) is 0 Å². The Morgan fingerprint density at radius 1 is 0.931 bits per heavy atom. The molecule has 1 fully saturated rings. The number of hydrogen-bond donors (Lipinski definition) is 1. The molecule has 4 heteroatoms. The van der Waals surface area contributed by atoms with Crippen LogP contribution >= 0.6 is 0 Å². The van der Waals surface area contributed by atoms with Crippen molar-refractivity contribution in [1.29, 1.82) is 0 Å². The molecule has 0 saturated carbocycles. The lowest BCUT2D eigenvalue weighted by molar-refractivity contribution is 0.0701. The van der Waals surface area contributed by atoms with Crippen molar-refractivity contribution in [3.05, 3.63) is 59.7 Å². The number of rotatable bonds is 9. The molecule has 0 radical (unpaired) electrons. The second-order valence-electron chi connectivity index (χ2n) is 9.32. The van der Waals surface area contributed by atoms with E-state index in [9.17, 15) is 5.11 Å². The van der Waals surface area contributed by atoms with Crippen LogP contribution in [0, 0.1) is 5.92 Å². The minimum Gasteiger partial charge on any atom is -0.491 e. The highest BCUT2D eigenvalue weighted by atomic mass is 16.6. The predicted octanol–water partition coefficient (Wildman–Crippen LogP) is 4.96. The van der Waals surface area contributed by atoms with Crippen molar-refractivity contribution >= 4 is 0 Å². The predicted molar refractivity (Wildman–Crippen MR) is 116 cm³/mol. The molecule has 29 heavy (non-hydrogen) atoms. The second kappa shape index (κ2) is 8.37. The fourth-order valence-electron chi connectivity index (χ4n) is 3.27. The third kappa shape index (κ3) is 5.31. The number of epoxide rings is 1. The van der Waals surface area contributed by atoms with Crippen molar-refractivity contribution in [3.63, 3.8) is 0 Å². The summed E-state index contributed by atoms with van der Waals surface area (Å²) in [6.07, 6.45) is -0.274. The monoisotopic (exact) mass is 398 g/mol. The zero-order chi connectivity index (χ0) is 21.2. The van der Waals surface area contributed by atoms with Gasteiger partial charge in [-0.25, -0.2) is 0 Å². The average molecular weight is 399 g/mol. The third-order valence-electron chi connectivity index (χ3n) is 5.83. The molecule has 1 N–H and O–H groups in total. The Hall–Kier alpha value is -2.04. The zero-order valence-electron chi connectivity index (χ0n) is 18.4. The summed E-state index contributed by atoms with van der Waals surface area (Å²) in [5, 5.41) is 9.90. The number of aliphatic hydroxyl groups excluding tert-OH is 1. The fourth-order valence-corrected chi connectivity index (χ4v) is 3.27. The summed E-state index contributed by atoms with van der Waals surface area (Å²) < 4.78 is 17.2. The van der Waals surface area contributed by atoms with Crippen LogP contribution in [0.2, 0.25) is 0 Å². The number of hydrogen-bond acceptors (Lipinski definition) is 4. The van der Waals surface area contributed by atoms with Crippen LogP contribution < -0.4 is 9.47 Å². The first kappa shape index (κ1) is 21.7. The highest BCUT2D eigenvalue weighted by Crippen LogP contribution is 2.35. The van der Waals surface area contributed by atoms with E-state index in [0.29, 0.717) is 6.61 Å². The van der Waals surface area contributed by atoms with Crippen LogP contribution in [0.1, 0.15) is 52.7 Å². The van der Waals surface area contributed by atoms with Gasteiger partial charge in [0.15, 0.2) is 0 Å². The van der Waals surface area contributed by atoms with E-state index in [1.54, 1.807) is 0 Å². The molecule has 0 aromatic heterocycles. The van der Waals surface area contributed by atoms with E-state index in [1.165, 1.54) is 11.1 Å². The van der Waals surface area contributed by atoms with Gasteiger partial charge in [0, 0.05) is 5.41 Å². The molecule has 1 aliphatic rings. The van der Waals surface area contributed by atoms with E-state index in [-0.39, 0.29) is 23.0 Å². The van der Waals surface area contributed by atoms with Crippen LogP contribution in [0.25, 0.3) is 0 Å². The molecule has 3 rings (SSSR count). The smallest absolute Gasteiger partial charge is 0.132 e. The minimum atomic E-state index is -0.455. The molecule has 2 aromatic carbocycles. The standard InChI is InChI=1S/C25H34O4/c1-17(2)22(26)15-27-20-11-7-18(8-12-20)24(3,4)19-9-13-21(14-10-19)29-25(5,6)23-16-28-23/h7-14,17,22-23,26H,15-16H2,1-6H3. The van der Waals surface area contributed by atoms with Gasteiger partial charge in [-0.1, -0.05) is 52.0 Å². The molecule has 1 aliphatic heterocycles. The molecule has 2 unspecified atom stereocenters. The maximum atomic E-state index is 9.90. The Bertz CT molecular complexity index is 787. The normalized spacial score (nSPS) is 17.9. The van der Waals surface area contributed by atoms with Gasteiger partial charge in [0.1, 0.15) is 29.8 Å². The maximum Gasteiger partial charge on any atom is 0.132 e. The average Bonchev–Trinajstić information content (AvgIpc) is 3.52. The molecule has 0 spiro atoms. The van der Waals surface area contributed by atoms with E-state index in [4.69, 9.17) is 14.2 Å². The van der Waals surface area contributed by atoms with Crippen LogP contribution in [0.3, 0.4) is 0 Å². The number of ether oxygens (including phenoxy) is 3. The first-order valence-electron chi connectivity index (χ1n) is 10.4. The topological polar surface area (TPSA) is 51.2 Å². The van der Waals surface area contributed by atoms with E-state index in [0.717, 1.165) is 18.1 Å². The van der Waals surface area contributed by atoms with Crippen LogP contribution in [-0.2, 0) is 10.2 Å². The molecule has 158 valence electrons. The third-order valence-corrected chi connectivity index (χ3v) is 5.83. The lowest BCUT2D eigenvalue weighted by Crippen LogP contribution is -2.34. The fraction of sp³-hybridized carbons (Fsp3) is 0.520. The number of aliphatic hydroxyl groups is 1. The van der Waals surface area contributed by atoms with E-state index in [2.05, 4.69) is 52.0 Å². The molecular weight excluding hydrogens is 364 g/mol. The Morgan fingerprint density at radius 3 is 1.86 bits per heavy atom. The summed E-state index contributed by atoms with van der Waals surface area (Å²) in [6.45, 7) is 13.6. The number of benzene rings is 2. The van der Waals surface area contributed by atoms with Gasteiger partial charge in [-0.05, 0) is 55.2 Å². The van der Waals surface area contributed by atoms with E-state index >= 15 is 0 Å². The van der Waals surface area contributed by atoms with Gasteiger partial charge >= 0.3 is 0 Å². The molecular formula is C25H34O4. The highest BCUT2D eigenvalue weighted by Gasteiger charge is 2.41. The van der Waals surface area contributed by atoms with Gasteiger partial charge in [-0.15, -0.1) is 0 Å². The first-order chi connectivity index (χ1) is 13.6. The maximum absolute atomic E-state index is 9.90. The summed E-state index contributed by atoms with van der Waals surface area (Å²) in [5.74, 6) is 1.82. The van der Waals surface area contributed by atoms with E-state index < -0.39 is 6.10 Å². The van der Waals surface area contributed by atoms with Gasteiger partial charge in [-0.2, -0.15) is 0 Å². The van der Waals surface area contributed by atoms with Crippen molar-refractivity contribution in [2.24, 2.45) is 5.92 Å². The highest BCUT2D eigenvalue weighted by molar-refractivity contribution is 5.42. The Morgan fingerprint density at radius 2 is 1.41 bits per heavy atom. The van der Waals surface area contributed by atoms with Gasteiger partial charge in [0.05, 0.1) is 12.7 Å². The molecule has 0 bridgehead atoms. The lowest BCUT2D eigenvalue weighted by atomic mass is 9.78. The van der Waals surface area contributed by atoms with Crippen LogP contribution in [0.15, 0.2) is 48.5 Å². The molecule has 1 saturated heterocycles. The summed E-state index contributed by atoms with van der Waals surface area (Å²) >= 11 is 0. The summed E-state index contributed by atoms with van der Waals surface area (Å²) in [6, 6.07) is 16.5. The van der Waals surface area contributed by atoms with Gasteiger partial charge in [0.25, 0.3) is 0 Å². The molecule has 2 aromatic rings. The summed E-state index contributed by atoms with van der Waals surface area (Å²) in [7, 11) is 0. The Kier molecular flexibility index (Phi) is 6.25. The van der Waals surface area contributed by atoms with Crippen molar-refractivity contribution < 1.29 is 19.3 Å². The van der Waals surface area contributed by atoms with Crippen molar-refractivity contribution in [2.75, 3.05) is 13.2 Å². The SMILES string of the molecule is CC(C)C(O)COc1ccc(C(C)(C)c2ccc(OC(C)(C)C3CO3)cc2)cc1. The van der Waals surface area contributed by atoms with Crippen molar-refractivity contribution in [1.82, 2.24) is 0 Å². The van der Waals surface area contributed by atoms with Crippen molar-refractivity contribution in [2.45, 2.75) is 64.8 Å². The van der Waals surface area contributed by atoms with Gasteiger partial charge in [-0.3, -0.25) is 0 Å². The molecule has 0 aliphatic carbocycles. The van der Waals surface area contributed by atoms with E-state index in [1.807, 2.05) is 38.1 Å². The van der Waals surface area contributed by atoms with Gasteiger partial charge < -0.3 is 19.3 Å². The molecule has 0 amide bonds. The summed E-state index contributed by atoms with van der Waals surface area (Å²) in [4.78, 5) is 0. The van der Waals surface area contributed by atoms with Crippen LogP contribution in [-0.4, -0.2) is 36.1 Å². The Balaban J connectivity index is 1.66. The summed E-state index contributed by atoms with van der Waals surface area (Å²) in [5.41, 5.74) is 1.96. The zero-order valence-corrected chi connectivity index (χ0v) is 18.4. The molecule has 2 atom stereocenters. The van der Waals surface area contributed by atoms with Crippen molar-refractivity contribution in [3.8, 4) is 11.5 Å². The first-order valence-corrected chi connectivity index (χ1v) is 10.4. The lowest BCUT2D eigenvalue weighted by Gasteiger charge is -2.28. The van der Waals surface area contributed by atoms with Crippen LogP contribution in [0.5, 0.6) is 11.5 Å². The minimum absolute atomic E-state index is 0.149. The largest absolute Gasteiger partial charge is 0.491 e. The second-order valence-corrected chi connectivity index (χ2v) is 9.32. The molecule has 1 heterocycles. The molecule has 4 nitrogen and oxygen atoms in total. The quantitative estimate of drug-likeness (QED) is 0.606. The van der Waals surface area contributed by atoms with Gasteiger partial charge in [0.2, 0.25) is 0 Å². The Labute approximate surface area is 174 Å².